The van der Waals surface area contributed by atoms with E-state index < -0.39 is 0 Å². The number of aliphatic hydroxyl groups excluding tert-OH is 1. The number of hydrogen-bond acceptors (Lipinski definition) is 3. The minimum atomic E-state index is 0.0231. The zero-order valence-electron chi connectivity index (χ0n) is 9.09. The van der Waals surface area contributed by atoms with Crippen LogP contribution in [0.15, 0.2) is 0 Å². The molecule has 2 fully saturated rings. The quantitative estimate of drug-likeness (QED) is 0.602. The van der Waals surface area contributed by atoms with E-state index in [2.05, 4.69) is 10.6 Å². The van der Waals surface area contributed by atoms with Crippen LogP contribution in [0.3, 0.4) is 0 Å². The fraction of sp³-hybridized carbons (Fsp3) is 0.909. The van der Waals surface area contributed by atoms with Gasteiger partial charge in [0.2, 0.25) is 5.91 Å². The number of rotatable bonds is 5. The molecule has 2 aliphatic rings. The average Bonchev–Trinajstić information content (AvgIpc) is 2.81. The summed E-state index contributed by atoms with van der Waals surface area (Å²) in [5.41, 5.74) is 0.225. The molecule has 2 rings (SSSR count). The molecule has 0 bridgehead atoms. The van der Waals surface area contributed by atoms with E-state index in [1.54, 1.807) is 0 Å². The molecule has 15 heavy (non-hydrogen) atoms. The second-order valence-corrected chi connectivity index (χ2v) is 4.84. The van der Waals surface area contributed by atoms with Gasteiger partial charge in [0.25, 0.3) is 0 Å². The monoisotopic (exact) mass is 212 g/mol. The van der Waals surface area contributed by atoms with Gasteiger partial charge in [0.1, 0.15) is 0 Å². The molecule has 1 saturated heterocycles. The Morgan fingerprint density at radius 1 is 1.53 bits per heavy atom. The first-order chi connectivity index (χ1) is 7.26. The first-order valence-electron chi connectivity index (χ1n) is 5.88. The molecule has 1 unspecified atom stereocenters. The van der Waals surface area contributed by atoms with E-state index in [9.17, 15) is 4.79 Å². The van der Waals surface area contributed by atoms with Crippen molar-refractivity contribution in [2.75, 3.05) is 19.7 Å². The Kier molecular flexibility index (Phi) is 3.26. The van der Waals surface area contributed by atoms with E-state index in [1.165, 1.54) is 0 Å². The van der Waals surface area contributed by atoms with E-state index >= 15 is 0 Å². The number of nitrogens with one attached hydrogen (secondary N) is 2. The van der Waals surface area contributed by atoms with Gasteiger partial charge >= 0.3 is 0 Å². The minimum absolute atomic E-state index is 0.0231. The van der Waals surface area contributed by atoms with Gasteiger partial charge in [-0.3, -0.25) is 4.79 Å². The number of hydrogen-bond donors (Lipinski definition) is 3. The molecule has 1 aliphatic carbocycles. The van der Waals surface area contributed by atoms with Crippen molar-refractivity contribution in [3.63, 3.8) is 0 Å². The molecule has 0 spiro atoms. The van der Waals surface area contributed by atoms with E-state index in [0.29, 0.717) is 0 Å². The van der Waals surface area contributed by atoms with Crippen molar-refractivity contribution in [3.8, 4) is 0 Å². The maximum absolute atomic E-state index is 11.7. The highest BCUT2D eigenvalue weighted by molar-refractivity contribution is 5.82. The molecule has 86 valence electrons. The summed E-state index contributed by atoms with van der Waals surface area (Å²) < 4.78 is 0. The smallest absolute Gasteiger partial charge is 0.237 e. The van der Waals surface area contributed by atoms with Crippen molar-refractivity contribution in [3.05, 3.63) is 0 Å². The lowest BCUT2D eigenvalue weighted by molar-refractivity contribution is -0.123. The highest BCUT2D eigenvalue weighted by atomic mass is 16.3. The maximum atomic E-state index is 11.7. The molecule has 1 atom stereocenters. The summed E-state index contributed by atoms with van der Waals surface area (Å²) in [6.45, 7) is 1.93. The highest BCUT2D eigenvalue weighted by Crippen LogP contribution is 2.47. The van der Waals surface area contributed by atoms with Gasteiger partial charge in [-0.25, -0.2) is 0 Å². The van der Waals surface area contributed by atoms with Crippen molar-refractivity contribution in [1.82, 2.24) is 10.6 Å². The standard InChI is InChI=1S/C11H20N2O2/c14-7-5-11(3-4-11)8-13-10(15)9-2-1-6-12-9/h9,12,14H,1-8H2,(H,13,15). The fourth-order valence-electron chi connectivity index (χ4n) is 2.24. The van der Waals surface area contributed by atoms with Crippen LogP contribution in [0.25, 0.3) is 0 Å². The van der Waals surface area contributed by atoms with Gasteiger partial charge in [0, 0.05) is 13.2 Å². The summed E-state index contributed by atoms with van der Waals surface area (Å²) in [4.78, 5) is 11.7. The second-order valence-electron chi connectivity index (χ2n) is 4.84. The van der Waals surface area contributed by atoms with Crippen LogP contribution in [0.1, 0.15) is 32.1 Å². The van der Waals surface area contributed by atoms with Crippen LogP contribution in [0.5, 0.6) is 0 Å². The Labute approximate surface area is 90.4 Å². The van der Waals surface area contributed by atoms with Crippen molar-refractivity contribution in [2.24, 2.45) is 5.41 Å². The van der Waals surface area contributed by atoms with Gasteiger partial charge in [-0.2, -0.15) is 0 Å². The normalized spacial score (nSPS) is 27.7. The number of amides is 1. The van der Waals surface area contributed by atoms with Crippen LogP contribution in [-0.4, -0.2) is 36.8 Å². The van der Waals surface area contributed by atoms with E-state index in [1.807, 2.05) is 0 Å². The molecule has 0 aromatic rings. The number of aliphatic hydroxyl groups is 1. The lowest BCUT2D eigenvalue weighted by atomic mass is 10.0. The van der Waals surface area contributed by atoms with Crippen LogP contribution in [-0.2, 0) is 4.79 Å². The summed E-state index contributed by atoms with van der Waals surface area (Å²) in [6, 6.07) is 0.0231. The van der Waals surface area contributed by atoms with Gasteiger partial charge in [-0.1, -0.05) is 0 Å². The largest absolute Gasteiger partial charge is 0.396 e. The lowest BCUT2D eigenvalue weighted by Crippen LogP contribution is -2.42. The Morgan fingerprint density at radius 3 is 2.87 bits per heavy atom. The Morgan fingerprint density at radius 2 is 2.33 bits per heavy atom. The highest BCUT2D eigenvalue weighted by Gasteiger charge is 2.42. The van der Waals surface area contributed by atoms with Crippen LogP contribution >= 0.6 is 0 Å². The second kappa shape index (κ2) is 4.49. The molecular weight excluding hydrogens is 192 g/mol. The summed E-state index contributed by atoms with van der Waals surface area (Å²) >= 11 is 0. The summed E-state index contributed by atoms with van der Waals surface area (Å²) in [5, 5.41) is 15.1. The Hall–Kier alpha value is -0.610. The van der Waals surface area contributed by atoms with Crippen LogP contribution in [0, 0.1) is 5.41 Å². The molecule has 1 saturated carbocycles. The third kappa shape index (κ3) is 2.69. The predicted molar refractivity (Wildman–Crippen MR) is 57.4 cm³/mol. The van der Waals surface area contributed by atoms with Crippen molar-refractivity contribution < 1.29 is 9.90 Å². The average molecular weight is 212 g/mol. The zero-order valence-corrected chi connectivity index (χ0v) is 9.09. The predicted octanol–water partition coefficient (Wildman–Crippen LogP) is 0.0172. The van der Waals surface area contributed by atoms with Crippen molar-refractivity contribution >= 4 is 5.91 Å². The Bertz CT molecular complexity index is 233. The number of carbonyl (C=O) groups excluding carboxylic acids is 1. The van der Waals surface area contributed by atoms with Gasteiger partial charge in [-0.15, -0.1) is 0 Å². The summed E-state index contributed by atoms with van der Waals surface area (Å²) in [5.74, 6) is 0.136. The van der Waals surface area contributed by atoms with Crippen LogP contribution < -0.4 is 10.6 Å². The first kappa shape index (κ1) is 10.9. The molecular formula is C11H20N2O2. The van der Waals surface area contributed by atoms with Crippen LogP contribution in [0.4, 0.5) is 0 Å². The molecule has 4 nitrogen and oxygen atoms in total. The van der Waals surface area contributed by atoms with Crippen LogP contribution in [0.2, 0.25) is 0 Å². The third-order valence-electron chi connectivity index (χ3n) is 3.61. The van der Waals surface area contributed by atoms with E-state index in [-0.39, 0.29) is 24.0 Å². The first-order valence-corrected chi connectivity index (χ1v) is 5.88. The summed E-state index contributed by atoms with van der Waals surface area (Å²) in [6.07, 6.45) is 5.17. The zero-order chi connectivity index (χ0) is 10.7. The van der Waals surface area contributed by atoms with Crippen molar-refractivity contribution in [1.29, 1.82) is 0 Å². The molecule has 0 radical (unpaired) electrons. The number of carbonyl (C=O) groups is 1. The van der Waals surface area contributed by atoms with Gasteiger partial charge in [0.05, 0.1) is 6.04 Å². The molecule has 1 amide bonds. The maximum Gasteiger partial charge on any atom is 0.237 e. The molecule has 0 aromatic carbocycles. The molecule has 1 heterocycles. The topological polar surface area (TPSA) is 61.4 Å². The molecule has 3 N–H and O–H groups in total. The molecule has 1 aliphatic heterocycles. The Balaban J connectivity index is 1.70. The molecule has 0 aromatic heterocycles. The van der Waals surface area contributed by atoms with Gasteiger partial charge in [-0.05, 0) is 44.1 Å². The SMILES string of the molecule is O=C(NCC1(CCO)CC1)C1CCCN1. The van der Waals surface area contributed by atoms with Gasteiger partial charge < -0.3 is 15.7 Å². The molecule has 4 heteroatoms. The summed E-state index contributed by atoms with van der Waals surface area (Å²) in [7, 11) is 0. The lowest BCUT2D eigenvalue weighted by Gasteiger charge is -2.16. The van der Waals surface area contributed by atoms with Crippen molar-refractivity contribution in [2.45, 2.75) is 38.1 Å². The minimum Gasteiger partial charge on any atom is -0.396 e. The van der Waals surface area contributed by atoms with Gasteiger partial charge in [0.15, 0.2) is 0 Å². The third-order valence-corrected chi connectivity index (χ3v) is 3.61. The fourth-order valence-corrected chi connectivity index (χ4v) is 2.24. The van der Waals surface area contributed by atoms with E-state index in [0.717, 1.165) is 45.2 Å². The van der Waals surface area contributed by atoms with E-state index in [4.69, 9.17) is 5.11 Å².